The molecular formula is C9H16N2O2. The highest BCUT2D eigenvalue weighted by Gasteiger charge is 2.16. The Balaban J connectivity index is 3.72. The molecule has 1 unspecified atom stereocenters. The molecule has 0 bridgehead atoms. The van der Waals surface area contributed by atoms with Crippen LogP contribution in [0, 0.1) is 11.3 Å². The van der Waals surface area contributed by atoms with Gasteiger partial charge in [-0.05, 0) is 27.2 Å². The van der Waals surface area contributed by atoms with Crippen molar-refractivity contribution in [2.45, 2.75) is 45.3 Å². The molecule has 0 heterocycles. The number of nitrogens with two attached hydrogens (primary N) is 1. The van der Waals surface area contributed by atoms with Crippen LogP contribution in [0.4, 0.5) is 0 Å². The van der Waals surface area contributed by atoms with Crippen molar-refractivity contribution in [3.63, 3.8) is 0 Å². The fourth-order valence-electron chi connectivity index (χ4n) is 0.730. The summed E-state index contributed by atoms with van der Waals surface area (Å²) in [5.74, 6) is -0.307. The molecule has 13 heavy (non-hydrogen) atoms. The quantitative estimate of drug-likeness (QED) is 0.663. The first-order chi connectivity index (χ1) is 5.85. The molecule has 74 valence electrons. The summed E-state index contributed by atoms with van der Waals surface area (Å²) < 4.78 is 5.03. The minimum Gasteiger partial charge on any atom is -0.460 e. The molecule has 0 aliphatic heterocycles. The number of nitriles is 1. The van der Waals surface area contributed by atoms with E-state index in [2.05, 4.69) is 0 Å². The number of carbonyl (C=O) groups is 1. The van der Waals surface area contributed by atoms with Crippen molar-refractivity contribution in [3.05, 3.63) is 0 Å². The van der Waals surface area contributed by atoms with Crippen LogP contribution in [0.2, 0.25) is 0 Å². The van der Waals surface area contributed by atoms with E-state index in [0.29, 0.717) is 6.42 Å². The molecular weight excluding hydrogens is 168 g/mol. The zero-order valence-corrected chi connectivity index (χ0v) is 8.33. The van der Waals surface area contributed by atoms with Gasteiger partial charge in [0, 0.05) is 6.42 Å². The molecule has 0 aromatic heterocycles. The minimum absolute atomic E-state index is 0.200. The Kier molecular flexibility index (Phi) is 4.43. The van der Waals surface area contributed by atoms with Crippen molar-refractivity contribution >= 4 is 5.97 Å². The van der Waals surface area contributed by atoms with E-state index in [0.717, 1.165) is 0 Å². The predicted molar refractivity (Wildman–Crippen MR) is 48.7 cm³/mol. The molecule has 4 nitrogen and oxygen atoms in total. The van der Waals surface area contributed by atoms with E-state index in [1.54, 1.807) is 20.8 Å². The summed E-state index contributed by atoms with van der Waals surface area (Å²) in [6.45, 7) is 5.40. The first kappa shape index (κ1) is 11.9. The fourth-order valence-corrected chi connectivity index (χ4v) is 0.730. The number of carbonyl (C=O) groups excluding carboxylic acids is 1. The molecule has 0 saturated heterocycles. The maximum absolute atomic E-state index is 11.1. The molecule has 0 aromatic carbocycles. The first-order valence-corrected chi connectivity index (χ1v) is 4.22. The summed E-state index contributed by atoms with van der Waals surface area (Å²) >= 11 is 0. The zero-order valence-electron chi connectivity index (χ0n) is 8.33. The summed E-state index contributed by atoms with van der Waals surface area (Å²) in [6.07, 6.45) is 0.553. The molecule has 1 atom stereocenters. The molecule has 0 radical (unpaired) electrons. The molecule has 2 N–H and O–H groups in total. The van der Waals surface area contributed by atoms with Crippen molar-refractivity contribution in [2.75, 3.05) is 0 Å². The molecule has 0 aliphatic rings. The van der Waals surface area contributed by atoms with Crippen LogP contribution in [0.3, 0.4) is 0 Å². The largest absolute Gasteiger partial charge is 0.460 e. The lowest BCUT2D eigenvalue weighted by Crippen LogP contribution is -2.25. The van der Waals surface area contributed by atoms with Crippen LogP contribution in [0.25, 0.3) is 0 Å². The Hall–Kier alpha value is -1.08. The van der Waals surface area contributed by atoms with E-state index >= 15 is 0 Å². The number of hydrogen-bond donors (Lipinski definition) is 1. The van der Waals surface area contributed by atoms with E-state index in [1.807, 2.05) is 6.07 Å². The van der Waals surface area contributed by atoms with Gasteiger partial charge in [0.05, 0.1) is 12.1 Å². The summed E-state index contributed by atoms with van der Waals surface area (Å²) in [4.78, 5) is 11.1. The molecule has 0 fully saturated rings. The second-order valence-electron chi connectivity index (χ2n) is 3.86. The van der Waals surface area contributed by atoms with Gasteiger partial charge in [0.25, 0.3) is 0 Å². The van der Waals surface area contributed by atoms with Gasteiger partial charge in [0.1, 0.15) is 5.60 Å². The van der Waals surface area contributed by atoms with Gasteiger partial charge in [0.15, 0.2) is 0 Å². The third-order valence-electron chi connectivity index (χ3n) is 1.25. The molecule has 4 heteroatoms. The molecule has 0 spiro atoms. The molecule has 0 amide bonds. The predicted octanol–water partition coefficient (Wildman–Crippen LogP) is 0.959. The SMILES string of the molecule is CC(C)(C)OC(=O)CCC(N)C#N. The van der Waals surface area contributed by atoms with Crippen LogP contribution in [0.5, 0.6) is 0 Å². The highest BCUT2D eigenvalue weighted by atomic mass is 16.6. The smallest absolute Gasteiger partial charge is 0.306 e. The highest BCUT2D eigenvalue weighted by Crippen LogP contribution is 2.09. The van der Waals surface area contributed by atoms with Crippen LogP contribution >= 0.6 is 0 Å². The van der Waals surface area contributed by atoms with E-state index in [-0.39, 0.29) is 12.4 Å². The van der Waals surface area contributed by atoms with Gasteiger partial charge >= 0.3 is 5.97 Å². The molecule has 0 aliphatic carbocycles. The van der Waals surface area contributed by atoms with Gasteiger partial charge in [0.2, 0.25) is 0 Å². The third-order valence-corrected chi connectivity index (χ3v) is 1.25. The van der Waals surface area contributed by atoms with E-state index < -0.39 is 11.6 Å². The number of hydrogen-bond acceptors (Lipinski definition) is 4. The number of rotatable bonds is 3. The van der Waals surface area contributed by atoms with E-state index in [4.69, 9.17) is 15.7 Å². The Labute approximate surface area is 78.7 Å². The van der Waals surface area contributed by atoms with Crippen LogP contribution in [-0.4, -0.2) is 17.6 Å². The number of esters is 1. The monoisotopic (exact) mass is 184 g/mol. The third kappa shape index (κ3) is 7.29. The standard InChI is InChI=1S/C9H16N2O2/c1-9(2,3)13-8(12)5-4-7(11)6-10/h7H,4-5,11H2,1-3H3. The van der Waals surface area contributed by atoms with Gasteiger partial charge in [-0.1, -0.05) is 0 Å². The van der Waals surface area contributed by atoms with Crippen molar-refractivity contribution in [1.29, 1.82) is 5.26 Å². The van der Waals surface area contributed by atoms with Crippen molar-refractivity contribution < 1.29 is 9.53 Å². The Bertz CT molecular complexity index is 213. The molecule has 0 saturated carbocycles. The fraction of sp³-hybridized carbons (Fsp3) is 0.778. The molecule has 0 rings (SSSR count). The molecule has 0 aromatic rings. The van der Waals surface area contributed by atoms with Crippen molar-refractivity contribution in [2.24, 2.45) is 5.73 Å². The van der Waals surface area contributed by atoms with Crippen molar-refractivity contribution in [1.82, 2.24) is 0 Å². The summed E-state index contributed by atoms with van der Waals surface area (Å²) in [6, 6.07) is 1.28. The normalized spacial score (nSPS) is 13.2. The number of nitrogens with zero attached hydrogens (tertiary/aromatic N) is 1. The van der Waals surface area contributed by atoms with Crippen LogP contribution < -0.4 is 5.73 Å². The summed E-state index contributed by atoms with van der Waals surface area (Å²) in [5, 5.41) is 8.35. The van der Waals surface area contributed by atoms with E-state index in [1.165, 1.54) is 0 Å². The first-order valence-electron chi connectivity index (χ1n) is 4.22. The summed E-state index contributed by atoms with van der Waals surface area (Å²) in [7, 11) is 0. The van der Waals surface area contributed by atoms with Gasteiger partial charge in [-0.3, -0.25) is 4.79 Å². The maximum Gasteiger partial charge on any atom is 0.306 e. The van der Waals surface area contributed by atoms with Crippen molar-refractivity contribution in [3.8, 4) is 6.07 Å². The maximum atomic E-state index is 11.1. The van der Waals surface area contributed by atoms with Crippen LogP contribution in [0.1, 0.15) is 33.6 Å². The van der Waals surface area contributed by atoms with Crippen LogP contribution in [-0.2, 0) is 9.53 Å². The van der Waals surface area contributed by atoms with Gasteiger partial charge in [-0.15, -0.1) is 0 Å². The lowest BCUT2D eigenvalue weighted by atomic mass is 10.1. The second kappa shape index (κ2) is 4.83. The van der Waals surface area contributed by atoms with E-state index in [9.17, 15) is 4.79 Å². The average molecular weight is 184 g/mol. The Morgan fingerprint density at radius 2 is 2.15 bits per heavy atom. The summed E-state index contributed by atoms with van der Waals surface area (Å²) in [5.41, 5.74) is 4.85. The lowest BCUT2D eigenvalue weighted by Gasteiger charge is -2.19. The second-order valence-corrected chi connectivity index (χ2v) is 3.86. The Morgan fingerprint density at radius 1 is 1.62 bits per heavy atom. The minimum atomic E-state index is -0.576. The van der Waals surface area contributed by atoms with Gasteiger partial charge in [-0.2, -0.15) is 5.26 Å². The Morgan fingerprint density at radius 3 is 2.54 bits per heavy atom. The topological polar surface area (TPSA) is 76.1 Å². The highest BCUT2D eigenvalue weighted by molar-refractivity contribution is 5.69. The lowest BCUT2D eigenvalue weighted by molar-refractivity contribution is -0.154. The van der Waals surface area contributed by atoms with Gasteiger partial charge in [-0.25, -0.2) is 0 Å². The zero-order chi connectivity index (χ0) is 10.5. The van der Waals surface area contributed by atoms with Crippen LogP contribution in [0.15, 0.2) is 0 Å². The average Bonchev–Trinajstić information content (AvgIpc) is 1.97. The van der Waals surface area contributed by atoms with Gasteiger partial charge < -0.3 is 10.5 Å². The number of ether oxygens (including phenoxy) is 1.